The summed E-state index contributed by atoms with van der Waals surface area (Å²) >= 11 is 0. The maximum Gasteiger partial charge on any atom is 0.326 e. The van der Waals surface area contributed by atoms with Gasteiger partial charge in [-0.1, -0.05) is 17.7 Å². The summed E-state index contributed by atoms with van der Waals surface area (Å²) in [5.74, 6) is 0.687. The zero-order valence-corrected chi connectivity index (χ0v) is 13.0. The summed E-state index contributed by atoms with van der Waals surface area (Å²) in [6.07, 6.45) is 2.19. The summed E-state index contributed by atoms with van der Waals surface area (Å²) in [5.41, 5.74) is 1.20. The van der Waals surface area contributed by atoms with Gasteiger partial charge in [-0.15, -0.1) is 12.4 Å². The number of benzene rings is 1. The van der Waals surface area contributed by atoms with Gasteiger partial charge in [-0.3, -0.25) is 4.55 Å². The predicted molar refractivity (Wildman–Crippen MR) is 80.7 cm³/mol. The molecule has 1 aromatic carbocycles. The average Bonchev–Trinajstić information content (AvgIpc) is 3.08. The van der Waals surface area contributed by atoms with E-state index in [1.54, 1.807) is 12.1 Å². The lowest BCUT2D eigenvalue weighted by molar-refractivity contribution is 0.560. The van der Waals surface area contributed by atoms with Crippen molar-refractivity contribution in [2.24, 2.45) is 0 Å². The Kier molecular flexibility index (Phi) is 5.14. The Labute approximate surface area is 118 Å². The summed E-state index contributed by atoms with van der Waals surface area (Å²) in [6, 6.07) is 7.22. The third-order valence-electron chi connectivity index (χ3n) is 3.20. The van der Waals surface area contributed by atoms with Crippen molar-refractivity contribution in [3.8, 4) is 0 Å². The van der Waals surface area contributed by atoms with Crippen LogP contribution in [0.5, 0.6) is 0 Å². The van der Waals surface area contributed by atoms with Crippen LogP contribution in [0.25, 0.3) is 0 Å². The monoisotopic (exact) mass is 308 g/mol. The molecule has 0 heterocycles. The van der Waals surface area contributed by atoms with E-state index in [0.717, 1.165) is 28.7 Å². The van der Waals surface area contributed by atoms with E-state index < -0.39 is 8.77 Å². The molecule has 2 N–H and O–H groups in total. The van der Waals surface area contributed by atoms with Gasteiger partial charge in [0.05, 0.1) is 5.54 Å². The van der Waals surface area contributed by atoms with Crippen LogP contribution in [0.4, 0.5) is 0 Å². The zero-order valence-electron chi connectivity index (χ0n) is 10.5. The third-order valence-corrected chi connectivity index (χ3v) is 6.94. The molecule has 6 heteroatoms. The molecule has 2 rings (SSSR count). The molecule has 1 unspecified atom stereocenters. The van der Waals surface area contributed by atoms with Crippen LogP contribution in [0.2, 0.25) is 0 Å². The molecule has 3 nitrogen and oxygen atoms in total. The van der Waals surface area contributed by atoms with Crippen molar-refractivity contribution in [1.29, 1.82) is 0 Å². The normalized spacial score (nSPS) is 19.5. The summed E-state index contributed by atoms with van der Waals surface area (Å²) in [6.45, 7) is 1.97. The van der Waals surface area contributed by atoms with E-state index >= 15 is 0 Å². The zero-order chi connectivity index (χ0) is 12.5. The second-order valence-electron chi connectivity index (χ2n) is 4.58. The Balaban J connectivity index is 0.00000162. The van der Waals surface area contributed by atoms with Crippen LogP contribution in [0.3, 0.4) is 0 Å². The van der Waals surface area contributed by atoms with Crippen LogP contribution < -0.4 is 5.32 Å². The first-order valence-electron chi connectivity index (χ1n) is 5.64. The van der Waals surface area contributed by atoms with Crippen molar-refractivity contribution in [2.75, 3.05) is 12.8 Å². The first-order chi connectivity index (χ1) is 7.97. The Bertz CT molecular complexity index is 517. The largest absolute Gasteiger partial charge is 0.326 e. The van der Waals surface area contributed by atoms with Crippen molar-refractivity contribution in [2.45, 2.75) is 30.2 Å². The second kappa shape index (κ2) is 5.84. The molecule has 0 aromatic heterocycles. The van der Waals surface area contributed by atoms with E-state index in [2.05, 4.69) is 5.32 Å². The standard InChI is InChI=1S/C12H17NO2S2.ClH/c1-10-3-5-11(6-4-10)17(14,15)16-9-12(13-2)7-8-12;/h3-6,13H,7-9H2,1-2H3;1H/p+1. The van der Waals surface area contributed by atoms with Gasteiger partial charge in [-0.05, 0) is 38.9 Å². The highest BCUT2D eigenvalue weighted by molar-refractivity contribution is 8.36. The SMILES string of the molecule is CNC1(C[S+]=S(=O)(O)c2ccc(C)cc2)CC1.Cl. The Morgan fingerprint density at radius 2 is 1.94 bits per heavy atom. The Morgan fingerprint density at radius 3 is 2.39 bits per heavy atom. The summed E-state index contributed by atoms with van der Waals surface area (Å²) in [7, 11) is 0.114. The van der Waals surface area contributed by atoms with Crippen LogP contribution in [0.1, 0.15) is 18.4 Å². The lowest BCUT2D eigenvalue weighted by Gasteiger charge is -2.03. The van der Waals surface area contributed by atoms with Crippen molar-refractivity contribution in [3.05, 3.63) is 29.8 Å². The molecule has 0 radical (unpaired) electrons. The minimum atomic E-state index is -2.95. The fraction of sp³-hybridized carbons (Fsp3) is 0.500. The summed E-state index contributed by atoms with van der Waals surface area (Å²) in [5, 5.41) is 3.23. The molecule has 102 valence electrons. The summed E-state index contributed by atoms with van der Waals surface area (Å²) < 4.78 is 22.2. The number of halogens is 1. The number of aryl methyl sites for hydroxylation is 1. The van der Waals surface area contributed by atoms with Gasteiger partial charge in [0.15, 0.2) is 0 Å². The van der Waals surface area contributed by atoms with Gasteiger partial charge < -0.3 is 5.32 Å². The fourth-order valence-electron chi connectivity index (χ4n) is 1.59. The molecule has 1 aliphatic carbocycles. The van der Waals surface area contributed by atoms with Crippen LogP contribution in [0.15, 0.2) is 29.2 Å². The van der Waals surface area contributed by atoms with Gasteiger partial charge >= 0.3 is 8.77 Å². The van der Waals surface area contributed by atoms with Crippen molar-refractivity contribution < 1.29 is 8.76 Å². The van der Waals surface area contributed by atoms with E-state index in [1.165, 1.54) is 0 Å². The van der Waals surface area contributed by atoms with E-state index in [4.69, 9.17) is 0 Å². The fourth-order valence-corrected chi connectivity index (χ4v) is 4.92. The van der Waals surface area contributed by atoms with Gasteiger partial charge in [0, 0.05) is 0 Å². The second-order valence-corrected chi connectivity index (χ2v) is 8.59. The molecule has 0 spiro atoms. The van der Waals surface area contributed by atoms with Crippen molar-refractivity contribution in [3.63, 3.8) is 0 Å². The maximum absolute atomic E-state index is 12.2. The van der Waals surface area contributed by atoms with Gasteiger partial charge in [-0.25, -0.2) is 0 Å². The minimum Gasteiger partial charge on any atom is -0.310 e. The minimum absolute atomic E-state index is 0. The lowest BCUT2D eigenvalue weighted by Crippen LogP contribution is -2.31. The number of nitrogens with one attached hydrogen (secondary N) is 1. The number of hydrogen-bond acceptors (Lipinski definition) is 2. The third kappa shape index (κ3) is 3.65. The van der Waals surface area contributed by atoms with Crippen LogP contribution in [-0.4, -0.2) is 27.1 Å². The predicted octanol–water partition coefficient (Wildman–Crippen LogP) is 2.28. The van der Waals surface area contributed by atoms with E-state index in [-0.39, 0.29) is 17.9 Å². The van der Waals surface area contributed by atoms with Crippen molar-refractivity contribution >= 4 is 31.5 Å². The molecule has 0 amide bonds. The van der Waals surface area contributed by atoms with Crippen LogP contribution >= 0.6 is 12.4 Å². The Hall–Kier alpha value is -0.200. The Morgan fingerprint density at radius 1 is 1.39 bits per heavy atom. The van der Waals surface area contributed by atoms with E-state index in [9.17, 15) is 8.76 Å². The smallest absolute Gasteiger partial charge is 0.310 e. The molecule has 1 aliphatic rings. The van der Waals surface area contributed by atoms with Gasteiger partial charge in [0.25, 0.3) is 10.3 Å². The highest BCUT2D eigenvalue weighted by Crippen LogP contribution is 2.34. The highest BCUT2D eigenvalue weighted by Gasteiger charge is 2.46. The molecular weight excluding hydrogens is 290 g/mol. The van der Waals surface area contributed by atoms with E-state index in [1.807, 2.05) is 26.1 Å². The molecule has 0 aliphatic heterocycles. The molecule has 18 heavy (non-hydrogen) atoms. The molecule has 0 bridgehead atoms. The highest BCUT2D eigenvalue weighted by atomic mass is 35.5. The van der Waals surface area contributed by atoms with Gasteiger partial charge in [-0.2, -0.15) is 4.21 Å². The van der Waals surface area contributed by atoms with Crippen LogP contribution in [0, 0.1) is 6.92 Å². The van der Waals surface area contributed by atoms with Crippen molar-refractivity contribution in [1.82, 2.24) is 5.32 Å². The number of rotatable bonds is 4. The maximum atomic E-state index is 12.2. The average molecular weight is 309 g/mol. The molecule has 1 atom stereocenters. The lowest BCUT2D eigenvalue weighted by atomic mass is 10.2. The molecular formula is C12H19ClNO2S2+. The van der Waals surface area contributed by atoms with E-state index in [0.29, 0.717) is 10.6 Å². The first-order valence-corrected chi connectivity index (χ1v) is 8.66. The quantitative estimate of drug-likeness (QED) is 0.839. The van der Waals surface area contributed by atoms with Crippen LogP contribution in [-0.2, 0) is 19.1 Å². The molecule has 1 saturated carbocycles. The topological polar surface area (TPSA) is 49.3 Å². The summed E-state index contributed by atoms with van der Waals surface area (Å²) in [4.78, 5) is 0.514. The molecule has 0 saturated heterocycles. The molecule has 1 fully saturated rings. The number of hydrogen-bond donors (Lipinski definition) is 2. The molecule has 1 aromatic rings. The first kappa shape index (κ1) is 15.9. The van der Waals surface area contributed by atoms with Gasteiger partial charge in [0.1, 0.15) is 4.90 Å². The van der Waals surface area contributed by atoms with Gasteiger partial charge in [0.2, 0.25) is 5.75 Å².